The topological polar surface area (TPSA) is 26.3 Å². The zero-order valence-electron chi connectivity index (χ0n) is 7.18. The molecule has 0 spiro atoms. The molecule has 1 unspecified atom stereocenters. The fourth-order valence-corrected chi connectivity index (χ4v) is 0.546. The van der Waals surface area contributed by atoms with Gasteiger partial charge in [-0.15, -0.1) is 0 Å². The molecule has 2 nitrogen and oxygen atoms in total. The van der Waals surface area contributed by atoms with E-state index in [0.717, 1.165) is 0 Å². The number of rotatable bonds is 3. The largest absolute Gasteiger partial charge is 0.466 e. The Morgan fingerprint density at radius 1 is 1.36 bits per heavy atom. The van der Waals surface area contributed by atoms with Gasteiger partial charge >= 0.3 is 5.97 Å². The van der Waals surface area contributed by atoms with Gasteiger partial charge in [0, 0.05) is 0 Å². The minimum absolute atomic E-state index is 0. The number of ether oxygens (including phenoxy) is 1. The second-order valence-corrected chi connectivity index (χ2v) is 2.78. The van der Waals surface area contributed by atoms with E-state index in [1.54, 1.807) is 0 Å². The molecular formula is C9H20O2. The number of esters is 1. The van der Waals surface area contributed by atoms with E-state index in [0.29, 0.717) is 12.5 Å². The molecular weight excluding hydrogens is 140 g/mol. The first-order chi connectivity index (χ1) is 4.59. The molecule has 0 rings (SSSR count). The van der Waals surface area contributed by atoms with Crippen LogP contribution in [0.15, 0.2) is 0 Å². The summed E-state index contributed by atoms with van der Waals surface area (Å²) < 4.78 is 4.83. The summed E-state index contributed by atoms with van der Waals surface area (Å²) in [5.74, 6) is 0.316. The van der Waals surface area contributed by atoms with E-state index in [4.69, 9.17) is 4.74 Å². The standard InChI is InChI=1S/C8H16O2.CH4/c1-5-10-8(9)7(4)6(2)3;/h6-7H,5H2,1-4H3;1H4. The Hall–Kier alpha value is -0.530. The lowest BCUT2D eigenvalue weighted by atomic mass is 9.99. The van der Waals surface area contributed by atoms with Crippen molar-refractivity contribution < 1.29 is 9.53 Å². The molecule has 0 N–H and O–H groups in total. The van der Waals surface area contributed by atoms with Gasteiger partial charge in [-0.05, 0) is 12.8 Å². The molecule has 11 heavy (non-hydrogen) atoms. The molecule has 0 bridgehead atoms. The molecule has 0 aromatic rings. The highest BCUT2D eigenvalue weighted by molar-refractivity contribution is 5.72. The highest BCUT2D eigenvalue weighted by Gasteiger charge is 2.16. The van der Waals surface area contributed by atoms with Gasteiger partial charge in [0.15, 0.2) is 0 Å². The van der Waals surface area contributed by atoms with Crippen LogP contribution in [0.3, 0.4) is 0 Å². The quantitative estimate of drug-likeness (QED) is 0.593. The maximum Gasteiger partial charge on any atom is 0.308 e. The van der Waals surface area contributed by atoms with Crippen molar-refractivity contribution in [2.24, 2.45) is 11.8 Å². The van der Waals surface area contributed by atoms with Crippen LogP contribution in [0.5, 0.6) is 0 Å². The second kappa shape index (κ2) is 6.20. The molecule has 0 heterocycles. The van der Waals surface area contributed by atoms with E-state index in [9.17, 15) is 4.79 Å². The number of carbonyl (C=O) groups excluding carboxylic acids is 1. The van der Waals surface area contributed by atoms with E-state index in [1.165, 1.54) is 0 Å². The zero-order chi connectivity index (χ0) is 8.15. The van der Waals surface area contributed by atoms with Crippen molar-refractivity contribution in [1.29, 1.82) is 0 Å². The van der Waals surface area contributed by atoms with Crippen LogP contribution >= 0.6 is 0 Å². The lowest BCUT2D eigenvalue weighted by Gasteiger charge is -2.12. The summed E-state index contributed by atoms with van der Waals surface area (Å²) in [7, 11) is 0. The molecule has 68 valence electrons. The molecule has 0 radical (unpaired) electrons. The molecule has 0 aromatic heterocycles. The Bertz CT molecular complexity index is 108. The Kier molecular flexibility index (Phi) is 7.37. The summed E-state index contributed by atoms with van der Waals surface area (Å²) >= 11 is 0. The predicted octanol–water partition coefficient (Wildman–Crippen LogP) is 2.48. The summed E-state index contributed by atoms with van der Waals surface area (Å²) in [4.78, 5) is 11.0. The van der Waals surface area contributed by atoms with Crippen LogP contribution in [-0.4, -0.2) is 12.6 Å². The van der Waals surface area contributed by atoms with Crippen molar-refractivity contribution >= 4 is 5.97 Å². The first-order valence-electron chi connectivity index (χ1n) is 3.76. The van der Waals surface area contributed by atoms with E-state index in [2.05, 4.69) is 0 Å². The van der Waals surface area contributed by atoms with Gasteiger partial charge in [-0.3, -0.25) is 4.79 Å². The van der Waals surface area contributed by atoms with Crippen LogP contribution in [-0.2, 0) is 9.53 Å². The van der Waals surface area contributed by atoms with Crippen molar-refractivity contribution in [2.45, 2.75) is 35.1 Å². The second-order valence-electron chi connectivity index (χ2n) is 2.78. The highest BCUT2D eigenvalue weighted by atomic mass is 16.5. The lowest BCUT2D eigenvalue weighted by molar-refractivity contribution is -0.148. The monoisotopic (exact) mass is 160 g/mol. The summed E-state index contributed by atoms with van der Waals surface area (Å²) in [6.45, 7) is 8.23. The smallest absolute Gasteiger partial charge is 0.308 e. The molecule has 1 atom stereocenters. The minimum atomic E-state index is -0.0856. The Labute approximate surface area is 69.9 Å². The van der Waals surface area contributed by atoms with Gasteiger partial charge in [0.05, 0.1) is 12.5 Å². The number of hydrogen-bond acceptors (Lipinski definition) is 2. The van der Waals surface area contributed by atoms with Crippen molar-refractivity contribution in [3.8, 4) is 0 Å². The third-order valence-corrected chi connectivity index (χ3v) is 1.66. The highest BCUT2D eigenvalue weighted by Crippen LogP contribution is 2.10. The van der Waals surface area contributed by atoms with Crippen LogP contribution < -0.4 is 0 Å². The SMILES string of the molecule is C.CCOC(=O)C(C)C(C)C. The van der Waals surface area contributed by atoms with E-state index >= 15 is 0 Å². The average molecular weight is 160 g/mol. The lowest BCUT2D eigenvalue weighted by Crippen LogP contribution is -2.19. The third kappa shape index (κ3) is 4.82. The van der Waals surface area contributed by atoms with Gasteiger partial charge in [0.1, 0.15) is 0 Å². The maximum atomic E-state index is 11.0. The summed E-state index contributed by atoms with van der Waals surface area (Å²) in [5.41, 5.74) is 0. The van der Waals surface area contributed by atoms with Crippen molar-refractivity contribution in [1.82, 2.24) is 0 Å². The van der Waals surface area contributed by atoms with Gasteiger partial charge in [0.2, 0.25) is 0 Å². The molecule has 0 aromatic carbocycles. The fourth-order valence-electron chi connectivity index (χ4n) is 0.546. The molecule has 2 heteroatoms. The van der Waals surface area contributed by atoms with Crippen LogP contribution in [0.2, 0.25) is 0 Å². The first-order valence-corrected chi connectivity index (χ1v) is 3.76. The Morgan fingerprint density at radius 3 is 2.09 bits per heavy atom. The van der Waals surface area contributed by atoms with Gasteiger partial charge in [-0.2, -0.15) is 0 Å². The molecule has 0 aliphatic rings. The summed E-state index contributed by atoms with van der Waals surface area (Å²) in [6.07, 6.45) is 0. The maximum absolute atomic E-state index is 11.0. The number of hydrogen-bond donors (Lipinski definition) is 0. The molecule has 0 aliphatic heterocycles. The van der Waals surface area contributed by atoms with Gasteiger partial charge < -0.3 is 4.74 Å². The zero-order valence-corrected chi connectivity index (χ0v) is 7.18. The first kappa shape index (κ1) is 13.1. The number of carbonyl (C=O) groups is 1. The van der Waals surface area contributed by atoms with Gasteiger partial charge in [0.25, 0.3) is 0 Å². The Balaban J connectivity index is 0. The van der Waals surface area contributed by atoms with Crippen molar-refractivity contribution in [3.63, 3.8) is 0 Å². The average Bonchev–Trinajstić information content (AvgIpc) is 1.87. The van der Waals surface area contributed by atoms with E-state index in [-0.39, 0.29) is 19.3 Å². The molecule has 0 saturated carbocycles. The van der Waals surface area contributed by atoms with E-state index in [1.807, 2.05) is 27.7 Å². The van der Waals surface area contributed by atoms with Crippen LogP contribution in [0.4, 0.5) is 0 Å². The predicted molar refractivity (Wildman–Crippen MR) is 47.4 cm³/mol. The van der Waals surface area contributed by atoms with Crippen molar-refractivity contribution in [2.75, 3.05) is 6.61 Å². The summed E-state index contributed by atoms with van der Waals surface area (Å²) in [5, 5.41) is 0. The third-order valence-electron chi connectivity index (χ3n) is 1.66. The molecule has 0 amide bonds. The molecule has 0 aliphatic carbocycles. The normalized spacial score (nSPS) is 12.1. The Morgan fingerprint density at radius 2 is 1.82 bits per heavy atom. The molecule has 0 fully saturated rings. The van der Waals surface area contributed by atoms with Crippen LogP contribution in [0, 0.1) is 11.8 Å². The minimum Gasteiger partial charge on any atom is -0.466 e. The van der Waals surface area contributed by atoms with Crippen LogP contribution in [0.1, 0.15) is 35.1 Å². The van der Waals surface area contributed by atoms with Gasteiger partial charge in [-0.1, -0.05) is 28.2 Å². The fraction of sp³-hybridized carbons (Fsp3) is 0.889. The van der Waals surface area contributed by atoms with Gasteiger partial charge in [-0.25, -0.2) is 0 Å². The molecule has 0 saturated heterocycles. The van der Waals surface area contributed by atoms with Crippen molar-refractivity contribution in [3.05, 3.63) is 0 Å². The summed E-state index contributed by atoms with van der Waals surface area (Å²) in [6, 6.07) is 0. The van der Waals surface area contributed by atoms with E-state index < -0.39 is 0 Å². The van der Waals surface area contributed by atoms with Crippen LogP contribution in [0.25, 0.3) is 0 Å².